The minimum Gasteiger partial charge on any atom is -0.464 e. The lowest BCUT2D eigenvalue weighted by molar-refractivity contribution is -0.136. The molecule has 0 aliphatic carbocycles. The number of methoxy groups -OCH3 is 1. The molecule has 1 aromatic carbocycles. The SMILES string of the molecule is COC(=O)/C(=C\c1ccncc1)NC(=O)c1ccccc1. The Morgan fingerprint density at radius 3 is 2.38 bits per heavy atom. The molecule has 21 heavy (non-hydrogen) atoms. The van der Waals surface area contributed by atoms with E-state index in [-0.39, 0.29) is 11.6 Å². The molecule has 1 heterocycles. The van der Waals surface area contributed by atoms with Crippen LogP contribution in [0.1, 0.15) is 15.9 Å². The maximum Gasteiger partial charge on any atom is 0.354 e. The molecule has 0 aliphatic heterocycles. The van der Waals surface area contributed by atoms with E-state index < -0.39 is 5.97 Å². The van der Waals surface area contributed by atoms with E-state index in [9.17, 15) is 9.59 Å². The van der Waals surface area contributed by atoms with E-state index in [1.807, 2.05) is 6.07 Å². The van der Waals surface area contributed by atoms with Crippen LogP contribution in [0.4, 0.5) is 0 Å². The van der Waals surface area contributed by atoms with E-state index in [1.54, 1.807) is 48.8 Å². The van der Waals surface area contributed by atoms with Crippen molar-refractivity contribution < 1.29 is 14.3 Å². The molecule has 0 saturated carbocycles. The Balaban J connectivity index is 2.24. The Labute approximate surface area is 122 Å². The quantitative estimate of drug-likeness (QED) is 0.688. The smallest absolute Gasteiger partial charge is 0.354 e. The molecule has 0 spiro atoms. The highest BCUT2D eigenvalue weighted by Crippen LogP contribution is 2.07. The summed E-state index contributed by atoms with van der Waals surface area (Å²) < 4.78 is 4.68. The van der Waals surface area contributed by atoms with Crippen LogP contribution < -0.4 is 5.32 Å². The van der Waals surface area contributed by atoms with Crippen molar-refractivity contribution in [1.82, 2.24) is 10.3 Å². The van der Waals surface area contributed by atoms with Crippen molar-refractivity contribution in [2.45, 2.75) is 0 Å². The van der Waals surface area contributed by atoms with Crippen molar-refractivity contribution in [2.24, 2.45) is 0 Å². The number of benzene rings is 1. The lowest BCUT2D eigenvalue weighted by Crippen LogP contribution is -2.28. The minimum absolute atomic E-state index is 0.0672. The van der Waals surface area contributed by atoms with Crippen molar-refractivity contribution in [3.05, 3.63) is 71.7 Å². The summed E-state index contributed by atoms with van der Waals surface area (Å²) in [4.78, 5) is 27.7. The largest absolute Gasteiger partial charge is 0.464 e. The Bertz CT molecular complexity index is 652. The lowest BCUT2D eigenvalue weighted by atomic mass is 10.2. The Morgan fingerprint density at radius 1 is 1.10 bits per heavy atom. The predicted octanol–water partition coefficient (Wildman–Crippen LogP) is 2.03. The summed E-state index contributed by atoms with van der Waals surface area (Å²) >= 11 is 0. The number of carbonyl (C=O) groups excluding carboxylic acids is 2. The molecule has 5 heteroatoms. The van der Waals surface area contributed by atoms with Gasteiger partial charge in [0.15, 0.2) is 0 Å². The molecule has 1 N–H and O–H groups in total. The molecule has 0 fully saturated rings. The molecule has 0 unspecified atom stereocenters. The second kappa shape index (κ2) is 7.00. The fourth-order valence-electron chi connectivity index (χ4n) is 1.67. The summed E-state index contributed by atoms with van der Waals surface area (Å²) in [7, 11) is 1.26. The standard InChI is InChI=1S/C16H14N2O3/c1-21-16(20)14(11-12-7-9-17-10-8-12)18-15(19)13-5-3-2-4-6-13/h2-11H,1H3,(H,18,19)/b14-11+. The third-order valence-corrected chi connectivity index (χ3v) is 2.71. The number of hydrogen-bond donors (Lipinski definition) is 1. The third-order valence-electron chi connectivity index (χ3n) is 2.71. The number of rotatable bonds is 4. The first-order valence-corrected chi connectivity index (χ1v) is 6.27. The van der Waals surface area contributed by atoms with Crippen LogP contribution in [0.2, 0.25) is 0 Å². The topological polar surface area (TPSA) is 68.3 Å². The molecule has 0 bridgehead atoms. The lowest BCUT2D eigenvalue weighted by Gasteiger charge is -2.08. The van der Waals surface area contributed by atoms with Crippen LogP contribution in [0.5, 0.6) is 0 Å². The number of carbonyl (C=O) groups is 2. The fraction of sp³-hybridized carbons (Fsp3) is 0.0625. The molecule has 0 atom stereocenters. The van der Waals surface area contributed by atoms with Crippen LogP contribution >= 0.6 is 0 Å². The van der Waals surface area contributed by atoms with Crippen LogP contribution in [-0.2, 0) is 9.53 Å². The van der Waals surface area contributed by atoms with Crippen molar-refractivity contribution in [3.8, 4) is 0 Å². The highest BCUT2D eigenvalue weighted by Gasteiger charge is 2.14. The minimum atomic E-state index is -0.615. The Morgan fingerprint density at radius 2 is 1.76 bits per heavy atom. The molecular formula is C16H14N2O3. The van der Waals surface area contributed by atoms with Crippen LogP contribution in [0.25, 0.3) is 6.08 Å². The first-order chi connectivity index (χ1) is 10.2. The highest BCUT2D eigenvalue weighted by molar-refractivity contribution is 6.03. The van der Waals surface area contributed by atoms with Gasteiger partial charge in [-0.05, 0) is 35.9 Å². The first-order valence-electron chi connectivity index (χ1n) is 6.27. The summed E-state index contributed by atoms with van der Waals surface area (Å²) in [6.45, 7) is 0. The van der Waals surface area contributed by atoms with Gasteiger partial charge in [-0.2, -0.15) is 0 Å². The van der Waals surface area contributed by atoms with Crippen molar-refractivity contribution in [2.75, 3.05) is 7.11 Å². The molecular weight excluding hydrogens is 268 g/mol. The van der Waals surface area contributed by atoms with Gasteiger partial charge in [0.05, 0.1) is 7.11 Å². The van der Waals surface area contributed by atoms with Crippen LogP contribution in [0, 0.1) is 0 Å². The zero-order valence-corrected chi connectivity index (χ0v) is 11.4. The van der Waals surface area contributed by atoms with Gasteiger partial charge < -0.3 is 10.1 Å². The average molecular weight is 282 g/mol. The van der Waals surface area contributed by atoms with Gasteiger partial charge in [-0.1, -0.05) is 18.2 Å². The number of nitrogens with zero attached hydrogens (tertiary/aromatic N) is 1. The van der Waals surface area contributed by atoms with E-state index >= 15 is 0 Å². The molecule has 1 aromatic heterocycles. The number of amides is 1. The van der Waals surface area contributed by atoms with Crippen LogP contribution in [-0.4, -0.2) is 24.0 Å². The average Bonchev–Trinajstić information content (AvgIpc) is 2.55. The van der Waals surface area contributed by atoms with Gasteiger partial charge in [-0.15, -0.1) is 0 Å². The number of nitrogens with one attached hydrogen (secondary N) is 1. The van der Waals surface area contributed by atoms with E-state index in [1.165, 1.54) is 13.2 Å². The highest BCUT2D eigenvalue weighted by atomic mass is 16.5. The third kappa shape index (κ3) is 4.01. The first kappa shape index (κ1) is 14.5. The van der Waals surface area contributed by atoms with Crippen LogP contribution in [0.15, 0.2) is 60.6 Å². The molecule has 106 valence electrons. The molecule has 0 aliphatic rings. The fourth-order valence-corrected chi connectivity index (χ4v) is 1.67. The van der Waals surface area contributed by atoms with Gasteiger partial charge in [-0.3, -0.25) is 9.78 Å². The summed E-state index contributed by atoms with van der Waals surface area (Å²) in [6.07, 6.45) is 4.73. The van der Waals surface area contributed by atoms with E-state index in [0.29, 0.717) is 5.56 Å². The van der Waals surface area contributed by atoms with E-state index in [4.69, 9.17) is 0 Å². The van der Waals surface area contributed by atoms with Gasteiger partial charge in [0.25, 0.3) is 5.91 Å². The summed E-state index contributed by atoms with van der Waals surface area (Å²) in [6, 6.07) is 12.1. The van der Waals surface area contributed by atoms with E-state index in [2.05, 4.69) is 15.0 Å². The normalized spacial score (nSPS) is 10.8. The Kier molecular flexibility index (Phi) is 4.82. The summed E-state index contributed by atoms with van der Waals surface area (Å²) in [5.41, 5.74) is 1.26. The number of ether oxygens (including phenoxy) is 1. The van der Waals surface area contributed by atoms with Gasteiger partial charge in [0.1, 0.15) is 5.70 Å². The molecule has 0 radical (unpaired) electrons. The summed E-state index contributed by atoms with van der Waals surface area (Å²) in [5, 5.41) is 2.56. The van der Waals surface area contributed by atoms with Gasteiger partial charge in [0, 0.05) is 18.0 Å². The maximum absolute atomic E-state index is 12.1. The van der Waals surface area contributed by atoms with Gasteiger partial charge in [0.2, 0.25) is 0 Å². The van der Waals surface area contributed by atoms with Crippen molar-refractivity contribution in [1.29, 1.82) is 0 Å². The van der Waals surface area contributed by atoms with Crippen molar-refractivity contribution >= 4 is 18.0 Å². The molecule has 2 aromatic rings. The number of esters is 1. The Hall–Kier alpha value is -2.95. The van der Waals surface area contributed by atoms with E-state index in [0.717, 1.165) is 5.56 Å². The summed E-state index contributed by atoms with van der Waals surface area (Å²) in [5.74, 6) is -0.989. The molecule has 0 saturated heterocycles. The van der Waals surface area contributed by atoms with Gasteiger partial charge >= 0.3 is 5.97 Å². The van der Waals surface area contributed by atoms with Crippen LogP contribution in [0.3, 0.4) is 0 Å². The zero-order chi connectivity index (χ0) is 15.1. The molecule has 1 amide bonds. The van der Waals surface area contributed by atoms with Gasteiger partial charge in [-0.25, -0.2) is 4.79 Å². The predicted molar refractivity (Wildman–Crippen MR) is 78.1 cm³/mol. The number of hydrogen-bond acceptors (Lipinski definition) is 4. The number of aromatic nitrogens is 1. The maximum atomic E-state index is 12.1. The second-order valence-corrected chi connectivity index (χ2v) is 4.15. The monoisotopic (exact) mass is 282 g/mol. The zero-order valence-electron chi connectivity index (χ0n) is 11.4. The second-order valence-electron chi connectivity index (χ2n) is 4.15. The number of pyridine rings is 1. The molecule has 5 nitrogen and oxygen atoms in total. The van der Waals surface area contributed by atoms with Crippen molar-refractivity contribution in [3.63, 3.8) is 0 Å². The molecule has 2 rings (SSSR count).